The van der Waals surface area contributed by atoms with Crippen LogP contribution in [-0.4, -0.2) is 4.57 Å². The molecule has 0 aliphatic carbocycles. The van der Waals surface area contributed by atoms with Crippen LogP contribution in [0.25, 0.3) is 98.7 Å². The summed E-state index contributed by atoms with van der Waals surface area (Å²) in [7, 11) is 0. The quantitative estimate of drug-likeness (QED) is 0.188. The second kappa shape index (κ2) is 10.7. The molecule has 2 heterocycles. The Kier molecular flexibility index (Phi) is 6.17. The Bertz CT molecular complexity index is 2950. The second-order valence-corrected chi connectivity index (χ2v) is 14.4. The van der Waals surface area contributed by atoms with Gasteiger partial charge in [-0.05, 0) is 77.2 Å². The third kappa shape index (κ3) is 4.15. The smallest absolute Gasteiger partial charge is 0.144 e. The summed E-state index contributed by atoms with van der Waals surface area (Å²) in [5.74, 6) is 0. The van der Waals surface area contributed by atoms with Gasteiger partial charge in [-0.3, -0.25) is 0 Å². The summed E-state index contributed by atoms with van der Waals surface area (Å²) in [6.07, 6.45) is 0. The SMILES string of the molecule is CC(C)(C)n1c2ccccc2c2c(-c3ccccc3)ccc(-c3c4ccccc4c(-c4ccc5ccccc5c4)c4c3oc3ccccc34)c21. The minimum Gasteiger partial charge on any atom is -0.455 e. The van der Waals surface area contributed by atoms with Crippen LogP contribution in [-0.2, 0) is 5.54 Å². The zero-order valence-electron chi connectivity index (χ0n) is 28.4. The van der Waals surface area contributed by atoms with E-state index in [0.29, 0.717) is 0 Å². The molecule has 0 atom stereocenters. The van der Waals surface area contributed by atoms with Gasteiger partial charge in [-0.25, -0.2) is 0 Å². The maximum absolute atomic E-state index is 7.05. The summed E-state index contributed by atoms with van der Waals surface area (Å²) in [5.41, 5.74) is 11.3. The number of furan rings is 1. The van der Waals surface area contributed by atoms with Crippen molar-refractivity contribution < 1.29 is 4.42 Å². The molecule has 0 aliphatic rings. The van der Waals surface area contributed by atoms with Crippen molar-refractivity contribution in [2.75, 3.05) is 0 Å². The summed E-state index contributed by atoms with van der Waals surface area (Å²) >= 11 is 0. The van der Waals surface area contributed by atoms with Crippen LogP contribution < -0.4 is 0 Å². The summed E-state index contributed by atoms with van der Waals surface area (Å²) in [4.78, 5) is 0. The van der Waals surface area contributed by atoms with E-state index in [1.807, 2.05) is 0 Å². The molecular formula is C48H35NO. The number of hydrogen-bond acceptors (Lipinski definition) is 1. The Morgan fingerprint density at radius 3 is 1.86 bits per heavy atom. The van der Waals surface area contributed by atoms with E-state index in [1.165, 1.54) is 71.2 Å². The molecule has 2 aromatic heterocycles. The Morgan fingerprint density at radius 1 is 0.460 bits per heavy atom. The Labute approximate surface area is 290 Å². The molecule has 0 saturated carbocycles. The summed E-state index contributed by atoms with van der Waals surface area (Å²) in [5, 5.41) is 9.68. The van der Waals surface area contributed by atoms with Crippen molar-refractivity contribution in [2.45, 2.75) is 26.3 Å². The Balaban J connectivity index is 1.43. The van der Waals surface area contributed by atoms with E-state index in [0.717, 1.165) is 27.5 Å². The third-order valence-electron chi connectivity index (χ3n) is 10.4. The number of rotatable bonds is 3. The number of para-hydroxylation sites is 2. The molecule has 10 aromatic rings. The van der Waals surface area contributed by atoms with Gasteiger partial charge < -0.3 is 8.98 Å². The maximum Gasteiger partial charge on any atom is 0.144 e. The lowest BCUT2D eigenvalue weighted by atomic mass is 9.86. The third-order valence-corrected chi connectivity index (χ3v) is 10.4. The number of fused-ring (bicyclic) bond motifs is 8. The zero-order valence-corrected chi connectivity index (χ0v) is 28.4. The van der Waals surface area contributed by atoms with Crippen LogP contribution in [0.2, 0.25) is 0 Å². The molecule has 0 aliphatic heterocycles. The number of benzene rings is 8. The predicted molar refractivity (Wildman–Crippen MR) is 213 cm³/mol. The first-order valence-electron chi connectivity index (χ1n) is 17.4. The van der Waals surface area contributed by atoms with Crippen molar-refractivity contribution in [3.8, 4) is 33.4 Å². The molecular weight excluding hydrogens is 607 g/mol. The van der Waals surface area contributed by atoms with E-state index in [9.17, 15) is 0 Å². The van der Waals surface area contributed by atoms with E-state index in [4.69, 9.17) is 4.42 Å². The van der Waals surface area contributed by atoms with Gasteiger partial charge in [0.05, 0.1) is 5.52 Å². The minimum atomic E-state index is -0.195. The van der Waals surface area contributed by atoms with Crippen molar-refractivity contribution in [3.05, 3.63) is 158 Å². The first kappa shape index (κ1) is 28.9. The lowest BCUT2D eigenvalue weighted by Crippen LogP contribution is -2.21. The summed E-state index contributed by atoms with van der Waals surface area (Å²) in [6, 6.07) is 57.3. The fourth-order valence-electron chi connectivity index (χ4n) is 8.41. The highest BCUT2D eigenvalue weighted by Crippen LogP contribution is 2.51. The number of aromatic nitrogens is 1. The first-order valence-corrected chi connectivity index (χ1v) is 17.4. The van der Waals surface area contributed by atoms with Crippen molar-refractivity contribution in [3.63, 3.8) is 0 Å². The van der Waals surface area contributed by atoms with Gasteiger partial charge in [0.15, 0.2) is 0 Å². The second-order valence-electron chi connectivity index (χ2n) is 14.4. The van der Waals surface area contributed by atoms with Gasteiger partial charge in [-0.1, -0.05) is 140 Å². The molecule has 2 nitrogen and oxygen atoms in total. The fourth-order valence-corrected chi connectivity index (χ4v) is 8.41. The van der Waals surface area contributed by atoms with Gasteiger partial charge in [0, 0.05) is 49.3 Å². The predicted octanol–water partition coefficient (Wildman–Crippen LogP) is 13.8. The van der Waals surface area contributed by atoms with Gasteiger partial charge in [0.25, 0.3) is 0 Å². The molecule has 10 rings (SSSR count). The Morgan fingerprint density at radius 2 is 1.08 bits per heavy atom. The highest BCUT2D eigenvalue weighted by molar-refractivity contribution is 6.29. The van der Waals surface area contributed by atoms with E-state index in [-0.39, 0.29) is 5.54 Å². The number of hydrogen-bond donors (Lipinski definition) is 0. The van der Waals surface area contributed by atoms with Crippen LogP contribution in [0.3, 0.4) is 0 Å². The fraction of sp³-hybridized carbons (Fsp3) is 0.0833. The minimum absolute atomic E-state index is 0.195. The van der Waals surface area contributed by atoms with Crippen molar-refractivity contribution in [1.29, 1.82) is 0 Å². The van der Waals surface area contributed by atoms with E-state index in [2.05, 4.69) is 183 Å². The molecule has 0 radical (unpaired) electrons. The first-order chi connectivity index (χ1) is 24.5. The van der Waals surface area contributed by atoms with Crippen molar-refractivity contribution >= 4 is 65.3 Å². The van der Waals surface area contributed by atoms with Gasteiger partial charge in [0.1, 0.15) is 11.2 Å². The zero-order chi connectivity index (χ0) is 33.6. The van der Waals surface area contributed by atoms with E-state index in [1.54, 1.807) is 0 Å². The lowest BCUT2D eigenvalue weighted by Gasteiger charge is -2.26. The molecule has 0 spiro atoms. The van der Waals surface area contributed by atoms with Crippen LogP contribution in [0.15, 0.2) is 162 Å². The highest BCUT2D eigenvalue weighted by Gasteiger charge is 2.28. The monoisotopic (exact) mass is 641 g/mol. The van der Waals surface area contributed by atoms with Gasteiger partial charge >= 0.3 is 0 Å². The average Bonchev–Trinajstić information content (AvgIpc) is 3.71. The molecule has 2 heteroatoms. The van der Waals surface area contributed by atoms with Gasteiger partial charge in [-0.15, -0.1) is 0 Å². The highest BCUT2D eigenvalue weighted by atomic mass is 16.3. The van der Waals surface area contributed by atoms with Gasteiger partial charge in [-0.2, -0.15) is 0 Å². The molecule has 0 saturated heterocycles. The number of nitrogens with zero attached hydrogens (tertiary/aromatic N) is 1. The Hall–Kier alpha value is -6.12. The lowest BCUT2D eigenvalue weighted by molar-refractivity contribution is 0.423. The van der Waals surface area contributed by atoms with E-state index >= 15 is 0 Å². The van der Waals surface area contributed by atoms with Crippen molar-refractivity contribution in [2.24, 2.45) is 0 Å². The molecule has 0 bridgehead atoms. The topological polar surface area (TPSA) is 18.1 Å². The molecule has 238 valence electrons. The maximum atomic E-state index is 7.05. The summed E-state index contributed by atoms with van der Waals surface area (Å²) in [6.45, 7) is 6.95. The normalized spacial score (nSPS) is 12.3. The summed E-state index contributed by atoms with van der Waals surface area (Å²) < 4.78 is 9.61. The molecule has 8 aromatic carbocycles. The average molecular weight is 642 g/mol. The van der Waals surface area contributed by atoms with Crippen LogP contribution in [0.4, 0.5) is 0 Å². The van der Waals surface area contributed by atoms with Gasteiger partial charge in [0.2, 0.25) is 0 Å². The van der Waals surface area contributed by atoms with Crippen LogP contribution in [0.5, 0.6) is 0 Å². The molecule has 50 heavy (non-hydrogen) atoms. The molecule has 0 fully saturated rings. The van der Waals surface area contributed by atoms with E-state index < -0.39 is 0 Å². The van der Waals surface area contributed by atoms with Crippen LogP contribution in [0.1, 0.15) is 20.8 Å². The standard InChI is InChI=1S/C48H35NO/c1-48(2,3)49-40-23-13-11-21-37(40)43-34(31-16-5-4-6-17-31)27-28-39(46(43)49)44-36-20-10-9-19-35(36)42(33-26-25-30-15-7-8-18-32(30)29-33)45-38-22-12-14-24-41(38)50-47(44)45/h4-29H,1-3H3. The molecule has 0 amide bonds. The molecule has 0 unspecified atom stereocenters. The van der Waals surface area contributed by atoms with Crippen molar-refractivity contribution in [1.82, 2.24) is 4.57 Å². The van der Waals surface area contributed by atoms with Crippen LogP contribution >= 0.6 is 0 Å². The van der Waals surface area contributed by atoms with Crippen LogP contribution in [0, 0.1) is 0 Å². The molecule has 0 N–H and O–H groups in total. The largest absolute Gasteiger partial charge is 0.455 e.